The normalized spacial score (nSPS) is 21.0. The summed E-state index contributed by atoms with van der Waals surface area (Å²) in [5, 5.41) is 17.2. The maximum atomic E-state index is 11.9. The zero-order valence-corrected chi connectivity index (χ0v) is 12.1. The van der Waals surface area contributed by atoms with Crippen LogP contribution in [0.1, 0.15) is 51.4 Å². The smallest absolute Gasteiger partial charge is 0.329 e. The lowest BCUT2D eigenvalue weighted by atomic mass is 9.90. The first-order valence-corrected chi connectivity index (χ1v) is 7.61. The summed E-state index contributed by atoms with van der Waals surface area (Å²) in [7, 11) is 0. The Kier molecular flexibility index (Phi) is 5.03. The summed E-state index contributed by atoms with van der Waals surface area (Å²) in [5.41, 5.74) is -1.20. The molecule has 2 rings (SSSR count). The summed E-state index contributed by atoms with van der Waals surface area (Å²) in [6, 6.07) is -0.347. The lowest BCUT2D eigenvalue weighted by Gasteiger charge is -2.29. The highest BCUT2D eigenvalue weighted by molar-refractivity contribution is 5.88. The number of carbonyl (C=O) groups is 3. The van der Waals surface area contributed by atoms with Crippen LogP contribution in [0.2, 0.25) is 0 Å². The molecule has 2 fully saturated rings. The third-order valence-corrected chi connectivity index (χ3v) is 4.07. The van der Waals surface area contributed by atoms with Crippen LogP contribution >= 0.6 is 0 Å². The van der Waals surface area contributed by atoms with E-state index in [0.29, 0.717) is 12.8 Å². The van der Waals surface area contributed by atoms with Crippen molar-refractivity contribution in [3.8, 4) is 0 Å². The van der Waals surface area contributed by atoms with Crippen molar-refractivity contribution in [3.63, 3.8) is 0 Å². The van der Waals surface area contributed by atoms with Crippen molar-refractivity contribution < 1.29 is 19.5 Å². The second-order valence-electron chi connectivity index (χ2n) is 5.95. The lowest BCUT2D eigenvalue weighted by Crippen LogP contribution is -2.57. The van der Waals surface area contributed by atoms with Gasteiger partial charge in [-0.2, -0.15) is 0 Å². The Morgan fingerprint density at radius 1 is 1.05 bits per heavy atom. The highest BCUT2D eigenvalue weighted by atomic mass is 16.4. The molecule has 0 aromatic rings. The third-order valence-electron chi connectivity index (χ3n) is 4.07. The molecule has 2 saturated carbocycles. The quantitative estimate of drug-likeness (QED) is 0.561. The van der Waals surface area contributed by atoms with Gasteiger partial charge in [0, 0.05) is 6.04 Å². The van der Waals surface area contributed by atoms with Gasteiger partial charge in [-0.1, -0.05) is 25.7 Å². The number of carboxylic acid groups (broad SMARTS) is 1. The number of hydrogen-bond acceptors (Lipinski definition) is 3. The Morgan fingerprint density at radius 3 is 2.19 bits per heavy atom. The number of aliphatic carboxylic acids is 1. The van der Waals surface area contributed by atoms with Gasteiger partial charge in [-0.3, -0.25) is 4.79 Å². The molecular weight excluding hydrogens is 274 g/mol. The molecule has 0 atom stereocenters. The number of amides is 3. The fourth-order valence-electron chi connectivity index (χ4n) is 2.65. The number of nitrogens with one attached hydrogen (secondary N) is 3. The largest absolute Gasteiger partial charge is 0.480 e. The maximum absolute atomic E-state index is 11.9. The first-order valence-electron chi connectivity index (χ1n) is 7.61. The van der Waals surface area contributed by atoms with Crippen molar-refractivity contribution in [3.05, 3.63) is 0 Å². The molecular formula is C14H23N3O4. The van der Waals surface area contributed by atoms with Crippen LogP contribution < -0.4 is 16.0 Å². The molecule has 0 spiro atoms. The molecule has 4 N–H and O–H groups in total. The summed E-state index contributed by atoms with van der Waals surface area (Å²) in [5.74, 6) is -1.24. The lowest BCUT2D eigenvalue weighted by molar-refractivity contribution is -0.145. The molecule has 0 bridgehead atoms. The highest BCUT2D eigenvalue weighted by Gasteiger charge is 2.40. The molecule has 0 heterocycles. The number of carbonyl (C=O) groups excluding carboxylic acids is 2. The van der Waals surface area contributed by atoms with E-state index in [9.17, 15) is 19.5 Å². The van der Waals surface area contributed by atoms with Crippen LogP contribution in [-0.4, -0.2) is 41.1 Å². The number of rotatable bonds is 5. The van der Waals surface area contributed by atoms with Crippen LogP contribution in [0.3, 0.4) is 0 Å². The van der Waals surface area contributed by atoms with Crippen LogP contribution in [0.5, 0.6) is 0 Å². The zero-order valence-electron chi connectivity index (χ0n) is 12.1. The Hall–Kier alpha value is -1.79. The molecule has 0 unspecified atom stereocenters. The van der Waals surface area contributed by atoms with Gasteiger partial charge in [0.1, 0.15) is 5.54 Å². The predicted octanol–water partition coefficient (Wildman–Crippen LogP) is 0.742. The molecule has 0 aliphatic heterocycles. The summed E-state index contributed by atoms with van der Waals surface area (Å²) >= 11 is 0. The predicted molar refractivity (Wildman–Crippen MR) is 75.8 cm³/mol. The summed E-state index contributed by atoms with van der Waals surface area (Å²) in [6.07, 6.45) is 6.39. The van der Waals surface area contributed by atoms with Gasteiger partial charge in [0.2, 0.25) is 5.91 Å². The minimum absolute atomic E-state index is 0.127. The van der Waals surface area contributed by atoms with Crippen LogP contribution in [0, 0.1) is 0 Å². The summed E-state index contributed by atoms with van der Waals surface area (Å²) in [4.78, 5) is 34.9. The van der Waals surface area contributed by atoms with Gasteiger partial charge in [-0.05, 0) is 25.7 Å². The molecule has 7 heteroatoms. The van der Waals surface area contributed by atoms with Gasteiger partial charge in [-0.15, -0.1) is 0 Å². The standard InChI is InChI=1S/C14H23N3O4/c18-11(16-10-5-6-10)9-15-13(21)17-14(12(19)20)7-3-1-2-4-8-14/h10H,1-9H2,(H,16,18)(H,19,20)(H2,15,17,21). The van der Waals surface area contributed by atoms with E-state index < -0.39 is 17.5 Å². The Balaban J connectivity index is 1.82. The fraction of sp³-hybridized carbons (Fsp3) is 0.786. The average molecular weight is 297 g/mol. The molecule has 0 radical (unpaired) electrons. The highest BCUT2D eigenvalue weighted by Crippen LogP contribution is 2.27. The van der Waals surface area contributed by atoms with Crippen LogP contribution in [0.15, 0.2) is 0 Å². The number of hydrogen-bond donors (Lipinski definition) is 4. The van der Waals surface area contributed by atoms with Gasteiger partial charge in [0.05, 0.1) is 6.54 Å². The van der Waals surface area contributed by atoms with Crippen molar-refractivity contribution in [1.82, 2.24) is 16.0 Å². The van der Waals surface area contributed by atoms with Crippen LogP contribution in [0.4, 0.5) is 4.79 Å². The number of carboxylic acids is 1. The van der Waals surface area contributed by atoms with Crippen molar-refractivity contribution in [1.29, 1.82) is 0 Å². The molecule has 118 valence electrons. The summed E-state index contributed by atoms with van der Waals surface area (Å²) in [6.45, 7) is -0.127. The fourth-order valence-corrected chi connectivity index (χ4v) is 2.65. The second-order valence-corrected chi connectivity index (χ2v) is 5.95. The molecule has 0 aromatic carbocycles. The molecule has 2 aliphatic carbocycles. The third kappa shape index (κ3) is 4.61. The van der Waals surface area contributed by atoms with E-state index in [1.165, 1.54) is 0 Å². The SMILES string of the molecule is O=C(CNC(=O)NC1(C(=O)O)CCCCCC1)NC1CC1. The Bertz CT molecular complexity index is 412. The first-order chi connectivity index (χ1) is 10.0. The Morgan fingerprint density at radius 2 is 1.67 bits per heavy atom. The van der Waals surface area contributed by atoms with Crippen molar-refractivity contribution in [2.24, 2.45) is 0 Å². The molecule has 21 heavy (non-hydrogen) atoms. The van der Waals surface area contributed by atoms with E-state index in [1.54, 1.807) is 0 Å². The van der Waals surface area contributed by atoms with Gasteiger partial charge < -0.3 is 21.1 Å². The van der Waals surface area contributed by atoms with Crippen molar-refractivity contribution in [2.45, 2.75) is 62.9 Å². The Labute approximate surface area is 123 Å². The average Bonchev–Trinajstić information content (AvgIpc) is 3.24. The van der Waals surface area contributed by atoms with Crippen molar-refractivity contribution >= 4 is 17.9 Å². The molecule has 2 aliphatic rings. The first kappa shape index (κ1) is 15.6. The van der Waals surface area contributed by atoms with E-state index in [-0.39, 0.29) is 18.5 Å². The van der Waals surface area contributed by atoms with E-state index in [4.69, 9.17) is 0 Å². The van der Waals surface area contributed by atoms with Gasteiger partial charge >= 0.3 is 12.0 Å². The molecule has 3 amide bonds. The minimum atomic E-state index is -1.20. The van der Waals surface area contributed by atoms with E-state index >= 15 is 0 Å². The minimum Gasteiger partial charge on any atom is -0.480 e. The van der Waals surface area contributed by atoms with E-state index in [2.05, 4.69) is 16.0 Å². The van der Waals surface area contributed by atoms with Gasteiger partial charge in [-0.25, -0.2) is 9.59 Å². The molecule has 7 nitrogen and oxygen atoms in total. The maximum Gasteiger partial charge on any atom is 0.329 e. The van der Waals surface area contributed by atoms with E-state index in [0.717, 1.165) is 38.5 Å². The van der Waals surface area contributed by atoms with Crippen LogP contribution in [-0.2, 0) is 9.59 Å². The second kappa shape index (κ2) is 6.78. The number of urea groups is 1. The van der Waals surface area contributed by atoms with Gasteiger partial charge in [0.25, 0.3) is 0 Å². The van der Waals surface area contributed by atoms with Crippen LogP contribution in [0.25, 0.3) is 0 Å². The van der Waals surface area contributed by atoms with Gasteiger partial charge in [0.15, 0.2) is 0 Å². The molecule has 0 aromatic heterocycles. The zero-order chi connectivity index (χ0) is 15.3. The summed E-state index contributed by atoms with van der Waals surface area (Å²) < 4.78 is 0. The van der Waals surface area contributed by atoms with Crippen molar-refractivity contribution in [2.75, 3.05) is 6.54 Å². The topological polar surface area (TPSA) is 108 Å². The monoisotopic (exact) mass is 297 g/mol. The van der Waals surface area contributed by atoms with E-state index in [1.807, 2.05) is 0 Å². The molecule has 0 saturated heterocycles.